The van der Waals surface area contributed by atoms with Gasteiger partial charge in [-0.3, -0.25) is 15.0 Å². The highest BCUT2D eigenvalue weighted by Crippen LogP contribution is 2.24. The third-order valence-corrected chi connectivity index (χ3v) is 5.55. The molecule has 1 fully saturated rings. The van der Waals surface area contributed by atoms with Gasteiger partial charge in [-0.05, 0) is 43.3 Å². The number of piperazine rings is 1. The Morgan fingerprint density at radius 3 is 2.50 bits per heavy atom. The number of nitro groups is 1. The second-order valence-corrected chi connectivity index (χ2v) is 7.61. The molecule has 0 amide bonds. The number of rotatable bonds is 6. The fraction of sp³-hybridized carbons (Fsp3) is 0.318. The van der Waals surface area contributed by atoms with Gasteiger partial charge in [0.1, 0.15) is 0 Å². The van der Waals surface area contributed by atoms with Crippen LogP contribution in [0.1, 0.15) is 23.2 Å². The standard InChI is InChI=1S/C22H23N5O5/c1-15-13-26(18-7-5-17(6-8-18)22(28)31-2)12-11-25(15)14-20-23-24-21(32-20)16-3-9-19(10-4-16)27(29)30/h3-10,15H,11-14H2,1-2H3. The summed E-state index contributed by atoms with van der Waals surface area (Å²) in [5, 5.41) is 19.0. The average molecular weight is 437 g/mol. The van der Waals surface area contributed by atoms with Crippen LogP contribution in [0.4, 0.5) is 11.4 Å². The van der Waals surface area contributed by atoms with E-state index in [-0.39, 0.29) is 17.7 Å². The topological polar surface area (TPSA) is 115 Å². The van der Waals surface area contributed by atoms with Crippen molar-refractivity contribution >= 4 is 17.3 Å². The SMILES string of the molecule is COC(=O)c1ccc(N2CCN(Cc3nnc(-c4ccc([N+](=O)[O-])cc4)o3)C(C)C2)cc1. The van der Waals surface area contributed by atoms with Gasteiger partial charge in [0.05, 0.1) is 24.1 Å². The third-order valence-electron chi connectivity index (χ3n) is 5.55. The van der Waals surface area contributed by atoms with Crippen LogP contribution in [0.2, 0.25) is 0 Å². The summed E-state index contributed by atoms with van der Waals surface area (Å²) in [5.41, 5.74) is 2.24. The highest BCUT2D eigenvalue weighted by molar-refractivity contribution is 5.89. The van der Waals surface area contributed by atoms with E-state index < -0.39 is 4.92 Å². The molecule has 0 spiro atoms. The maximum Gasteiger partial charge on any atom is 0.337 e. The molecule has 166 valence electrons. The van der Waals surface area contributed by atoms with Crippen LogP contribution in [-0.4, -0.2) is 58.8 Å². The quantitative estimate of drug-likeness (QED) is 0.326. The second-order valence-electron chi connectivity index (χ2n) is 7.61. The molecule has 0 bridgehead atoms. The second kappa shape index (κ2) is 9.15. The van der Waals surface area contributed by atoms with Crippen LogP contribution in [-0.2, 0) is 11.3 Å². The molecule has 1 aliphatic heterocycles. The molecule has 0 radical (unpaired) electrons. The van der Waals surface area contributed by atoms with Crippen LogP contribution in [0.5, 0.6) is 0 Å². The van der Waals surface area contributed by atoms with Crippen molar-refractivity contribution in [2.45, 2.75) is 19.5 Å². The van der Waals surface area contributed by atoms with Crippen molar-refractivity contribution in [3.05, 3.63) is 70.1 Å². The Hall–Kier alpha value is -3.79. The van der Waals surface area contributed by atoms with E-state index in [1.54, 1.807) is 24.3 Å². The van der Waals surface area contributed by atoms with Gasteiger partial charge in [0.25, 0.3) is 5.69 Å². The summed E-state index contributed by atoms with van der Waals surface area (Å²) in [5.74, 6) is 0.496. The van der Waals surface area contributed by atoms with Crippen molar-refractivity contribution < 1.29 is 18.9 Å². The van der Waals surface area contributed by atoms with Crippen molar-refractivity contribution in [2.24, 2.45) is 0 Å². The van der Waals surface area contributed by atoms with Gasteiger partial charge in [0.15, 0.2) is 0 Å². The molecule has 10 heteroatoms. The molecule has 0 N–H and O–H groups in total. The number of non-ortho nitro benzene ring substituents is 1. The summed E-state index contributed by atoms with van der Waals surface area (Å²) < 4.78 is 10.5. The smallest absolute Gasteiger partial charge is 0.337 e. The Morgan fingerprint density at radius 1 is 1.16 bits per heavy atom. The average Bonchev–Trinajstić information content (AvgIpc) is 3.28. The fourth-order valence-corrected chi connectivity index (χ4v) is 3.72. The predicted molar refractivity (Wildman–Crippen MR) is 116 cm³/mol. The number of carbonyl (C=O) groups excluding carboxylic acids is 1. The molecule has 1 atom stereocenters. The first kappa shape index (κ1) is 21.4. The Kier molecular flexibility index (Phi) is 6.13. The van der Waals surface area contributed by atoms with Crippen molar-refractivity contribution in [3.63, 3.8) is 0 Å². The minimum atomic E-state index is -0.447. The fourth-order valence-electron chi connectivity index (χ4n) is 3.72. The maximum absolute atomic E-state index is 11.6. The van der Waals surface area contributed by atoms with E-state index in [1.807, 2.05) is 12.1 Å². The van der Waals surface area contributed by atoms with Gasteiger partial charge in [-0.2, -0.15) is 0 Å². The van der Waals surface area contributed by atoms with Crippen LogP contribution in [0.25, 0.3) is 11.5 Å². The number of anilines is 1. The summed E-state index contributed by atoms with van der Waals surface area (Å²) in [6.07, 6.45) is 0. The van der Waals surface area contributed by atoms with Crippen molar-refractivity contribution in [1.29, 1.82) is 0 Å². The van der Waals surface area contributed by atoms with E-state index in [0.29, 0.717) is 29.5 Å². The van der Waals surface area contributed by atoms with Crippen LogP contribution < -0.4 is 4.90 Å². The predicted octanol–water partition coefficient (Wildman–Crippen LogP) is 3.14. The van der Waals surface area contributed by atoms with Gasteiger partial charge in [-0.1, -0.05) is 0 Å². The number of ether oxygens (including phenoxy) is 1. The Morgan fingerprint density at radius 2 is 1.88 bits per heavy atom. The maximum atomic E-state index is 11.6. The van der Waals surface area contributed by atoms with Gasteiger partial charge in [-0.15, -0.1) is 10.2 Å². The van der Waals surface area contributed by atoms with Crippen LogP contribution >= 0.6 is 0 Å². The van der Waals surface area contributed by atoms with E-state index in [2.05, 4.69) is 26.9 Å². The monoisotopic (exact) mass is 437 g/mol. The van der Waals surface area contributed by atoms with Crippen LogP contribution in [0.3, 0.4) is 0 Å². The van der Waals surface area contributed by atoms with Gasteiger partial charge in [0, 0.05) is 49.1 Å². The van der Waals surface area contributed by atoms with E-state index in [0.717, 1.165) is 25.3 Å². The molecule has 2 aromatic carbocycles. The first-order valence-electron chi connectivity index (χ1n) is 10.2. The highest BCUT2D eigenvalue weighted by Gasteiger charge is 2.26. The lowest BCUT2D eigenvalue weighted by molar-refractivity contribution is -0.384. The third kappa shape index (κ3) is 4.59. The molecule has 3 aromatic rings. The lowest BCUT2D eigenvalue weighted by Crippen LogP contribution is -2.51. The largest absolute Gasteiger partial charge is 0.465 e. The number of nitrogens with zero attached hydrogens (tertiary/aromatic N) is 5. The summed E-state index contributed by atoms with van der Waals surface area (Å²) in [6.45, 7) is 5.13. The first-order chi connectivity index (χ1) is 15.4. The van der Waals surface area contributed by atoms with Gasteiger partial charge >= 0.3 is 5.97 Å². The molecule has 1 saturated heterocycles. The van der Waals surface area contributed by atoms with Gasteiger partial charge in [0.2, 0.25) is 11.8 Å². The molecular weight excluding hydrogens is 414 g/mol. The number of hydrogen-bond acceptors (Lipinski definition) is 9. The molecule has 1 unspecified atom stereocenters. The lowest BCUT2D eigenvalue weighted by Gasteiger charge is -2.40. The number of hydrogen-bond donors (Lipinski definition) is 0. The molecule has 10 nitrogen and oxygen atoms in total. The molecule has 0 saturated carbocycles. The van der Waals surface area contributed by atoms with Crippen molar-refractivity contribution in [3.8, 4) is 11.5 Å². The van der Waals surface area contributed by atoms with Crippen LogP contribution in [0, 0.1) is 10.1 Å². The minimum absolute atomic E-state index is 0.0140. The molecular formula is C22H23N5O5. The molecule has 32 heavy (non-hydrogen) atoms. The number of benzene rings is 2. The molecule has 1 aromatic heterocycles. The highest BCUT2D eigenvalue weighted by atomic mass is 16.6. The number of aromatic nitrogens is 2. The summed E-state index contributed by atoms with van der Waals surface area (Å²) in [6, 6.07) is 13.7. The Balaban J connectivity index is 1.36. The Labute approximate surface area is 184 Å². The van der Waals surface area contributed by atoms with E-state index in [9.17, 15) is 14.9 Å². The molecule has 4 rings (SSSR count). The number of nitro benzene ring substituents is 1. The molecule has 1 aliphatic rings. The first-order valence-corrected chi connectivity index (χ1v) is 10.2. The van der Waals surface area contributed by atoms with E-state index >= 15 is 0 Å². The van der Waals surface area contributed by atoms with Crippen LogP contribution in [0.15, 0.2) is 52.9 Å². The summed E-state index contributed by atoms with van der Waals surface area (Å²) in [4.78, 5) is 26.5. The molecule has 0 aliphatic carbocycles. The zero-order valence-electron chi connectivity index (χ0n) is 17.8. The van der Waals surface area contributed by atoms with Gasteiger partial charge < -0.3 is 14.1 Å². The zero-order valence-corrected chi connectivity index (χ0v) is 17.8. The van der Waals surface area contributed by atoms with E-state index in [1.165, 1.54) is 19.2 Å². The number of methoxy groups -OCH3 is 1. The number of esters is 1. The normalized spacial score (nSPS) is 16.7. The van der Waals surface area contributed by atoms with Crippen molar-refractivity contribution in [1.82, 2.24) is 15.1 Å². The lowest BCUT2D eigenvalue weighted by atomic mass is 10.1. The minimum Gasteiger partial charge on any atom is -0.465 e. The van der Waals surface area contributed by atoms with Crippen molar-refractivity contribution in [2.75, 3.05) is 31.6 Å². The molecule has 2 heterocycles. The zero-order chi connectivity index (χ0) is 22.7. The number of carbonyl (C=O) groups is 1. The Bertz CT molecular complexity index is 1100. The van der Waals surface area contributed by atoms with E-state index in [4.69, 9.17) is 9.15 Å². The summed E-state index contributed by atoms with van der Waals surface area (Å²) >= 11 is 0. The van der Waals surface area contributed by atoms with Gasteiger partial charge in [-0.25, -0.2) is 4.79 Å². The summed E-state index contributed by atoms with van der Waals surface area (Å²) in [7, 11) is 1.37.